The Kier molecular flexibility index (Phi) is 5.20. The van der Waals surface area contributed by atoms with Gasteiger partial charge in [0.15, 0.2) is 0 Å². The maximum atomic E-state index is 12.4. The molecule has 1 amide bonds. The first kappa shape index (κ1) is 16.6. The molecular formula is C14H10Br2Cl2N2O. The molecule has 0 radical (unpaired) electrons. The van der Waals surface area contributed by atoms with E-state index in [1.807, 2.05) is 0 Å². The molecule has 0 aromatic heterocycles. The maximum absolute atomic E-state index is 12.4. The van der Waals surface area contributed by atoms with Gasteiger partial charge in [0.05, 0.1) is 15.7 Å². The number of nitrogens with two attached hydrogens (primary N) is 1. The summed E-state index contributed by atoms with van der Waals surface area (Å²) < 4.78 is 1.46. The molecule has 0 saturated heterocycles. The first-order valence-electron chi connectivity index (χ1n) is 5.81. The van der Waals surface area contributed by atoms with Crippen LogP contribution in [0.2, 0.25) is 10.0 Å². The quantitative estimate of drug-likeness (QED) is 0.577. The topological polar surface area (TPSA) is 55.1 Å². The fourth-order valence-electron chi connectivity index (χ4n) is 1.78. The van der Waals surface area contributed by atoms with Crippen molar-refractivity contribution in [2.45, 2.75) is 6.92 Å². The predicted octanol–water partition coefficient (Wildman–Crippen LogP) is 5.66. The Hall–Kier alpha value is -0.750. The second-order valence-electron chi connectivity index (χ2n) is 4.37. The molecule has 0 saturated carbocycles. The number of anilines is 2. The van der Waals surface area contributed by atoms with E-state index in [0.29, 0.717) is 32.5 Å². The van der Waals surface area contributed by atoms with Crippen LogP contribution in [0, 0.1) is 6.92 Å². The Morgan fingerprint density at radius 1 is 1.10 bits per heavy atom. The van der Waals surface area contributed by atoms with Crippen molar-refractivity contribution < 1.29 is 4.79 Å². The minimum Gasteiger partial charge on any atom is -0.398 e. The molecule has 21 heavy (non-hydrogen) atoms. The third-order valence-electron chi connectivity index (χ3n) is 2.90. The van der Waals surface area contributed by atoms with Crippen molar-refractivity contribution in [1.29, 1.82) is 0 Å². The summed E-state index contributed by atoms with van der Waals surface area (Å²) >= 11 is 18.8. The van der Waals surface area contributed by atoms with Crippen LogP contribution in [0.5, 0.6) is 0 Å². The lowest BCUT2D eigenvalue weighted by atomic mass is 10.1. The standard InChI is InChI=1S/C14H10Br2Cl2N2O/c1-6-9(2-7(15)5-12(6)19)14(21)20-13-10(17)3-8(16)4-11(13)18/h2-5H,19H2,1H3,(H,20,21). The van der Waals surface area contributed by atoms with Gasteiger partial charge in [0.1, 0.15) is 0 Å². The Morgan fingerprint density at radius 3 is 2.19 bits per heavy atom. The van der Waals surface area contributed by atoms with Gasteiger partial charge in [-0.15, -0.1) is 0 Å². The van der Waals surface area contributed by atoms with Gasteiger partial charge in [0, 0.05) is 20.2 Å². The summed E-state index contributed by atoms with van der Waals surface area (Å²) in [5, 5.41) is 3.42. The average Bonchev–Trinajstić information content (AvgIpc) is 2.37. The number of rotatable bonds is 2. The molecule has 0 fully saturated rings. The summed E-state index contributed by atoms with van der Waals surface area (Å²) in [6.45, 7) is 1.78. The molecule has 3 nitrogen and oxygen atoms in total. The van der Waals surface area contributed by atoms with Crippen LogP contribution in [0.1, 0.15) is 15.9 Å². The van der Waals surface area contributed by atoms with E-state index in [9.17, 15) is 4.79 Å². The van der Waals surface area contributed by atoms with Crippen LogP contribution in [0.4, 0.5) is 11.4 Å². The number of nitrogen functional groups attached to an aromatic ring is 1. The van der Waals surface area contributed by atoms with Crippen LogP contribution in [-0.4, -0.2) is 5.91 Å². The summed E-state index contributed by atoms with van der Waals surface area (Å²) in [6.07, 6.45) is 0. The fourth-order valence-corrected chi connectivity index (χ4v) is 3.56. The zero-order valence-corrected chi connectivity index (χ0v) is 15.5. The van der Waals surface area contributed by atoms with E-state index >= 15 is 0 Å². The Bertz CT molecular complexity index is 712. The molecule has 0 spiro atoms. The second-order valence-corrected chi connectivity index (χ2v) is 7.01. The first-order valence-corrected chi connectivity index (χ1v) is 8.15. The first-order chi connectivity index (χ1) is 9.79. The zero-order valence-electron chi connectivity index (χ0n) is 10.8. The summed E-state index contributed by atoms with van der Waals surface area (Å²) in [7, 11) is 0. The molecule has 0 aliphatic rings. The summed E-state index contributed by atoms with van der Waals surface area (Å²) in [5.74, 6) is -0.327. The van der Waals surface area contributed by atoms with Gasteiger partial charge < -0.3 is 11.1 Å². The molecule has 0 atom stereocenters. The van der Waals surface area contributed by atoms with Crippen LogP contribution in [0.15, 0.2) is 33.2 Å². The van der Waals surface area contributed by atoms with Crippen molar-refractivity contribution >= 4 is 72.3 Å². The van der Waals surface area contributed by atoms with Gasteiger partial charge in [-0.25, -0.2) is 0 Å². The summed E-state index contributed by atoms with van der Waals surface area (Å²) in [6, 6.07) is 6.75. The third kappa shape index (κ3) is 3.72. The van der Waals surface area contributed by atoms with Crippen molar-refractivity contribution in [2.24, 2.45) is 0 Å². The van der Waals surface area contributed by atoms with Gasteiger partial charge in [-0.05, 0) is 36.8 Å². The van der Waals surface area contributed by atoms with E-state index in [2.05, 4.69) is 37.2 Å². The minimum absolute atomic E-state index is 0.327. The normalized spacial score (nSPS) is 10.5. The van der Waals surface area contributed by atoms with Gasteiger partial charge in [0.25, 0.3) is 5.91 Å². The zero-order chi connectivity index (χ0) is 15.7. The maximum Gasteiger partial charge on any atom is 0.256 e. The smallest absolute Gasteiger partial charge is 0.256 e. The van der Waals surface area contributed by atoms with Crippen LogP contribution >= 0.6 is 55.1 Å². The Morgan fingerprint density at radius 2 is 1.62 bits per heavy atom. The molecule has 2 rings (SSSR count). The summed E-state index contributed by atoms with van der Waals surface area (Å²) in [4.78, 5) is 12.4. The number of carbonyl (C=O) groups is 1. The highest BCUT2D eigenvalue weighted by molar-refractivity contribution is 9.10. The Balaban J connectivity index is 2.40. The Labute approximate surface area is 149 Å². The highest BCUT2D eigenvalue weighted by Gasteiger charge is 2.16. The lowest BCUT2D eigenvalue weighted by Crippen LogP contribution is -2.15. The molecular weight excluding hydrogens is 443 g/mol. The van der Waals surface area contributed by atoms with Crippen molar-refractivity contribution in [3.63, 3.8) is 0 Å². The van der Waals surface area contributed by atoms with E-state index in [0.717, 1.165) is 8.95 Å². The predicted molar refractivity (Wildman–Crippen MR) is 95.4 cm³/mol. The SMILES string of the molecule is Cc1c(N)cc(Br)cc1C(=O)Nc1c(Cl)cc(Br)cc1Cl. The highest BCUT2D eigenvalue weighted by Crippen LogP contribution is 2.34. The van der Waals surface area contributed by atoms with Crippen molar-refractivity contribution in [1.82, 2.24) is 0 Å². The monoisotopic (exact) mass is 450 g/mol. The third-order valence-corrected chi connectivity index (χ3v) is 4.41. The molecule has 110 valence electrons. The number of carbonyl (C=O) groups excluding carboxylic acids is 1. The van der Waals surface area contributed by atoms with Crippen molar-refractivity contribution in [3.05, 3.63) is 54.4 Å². The number of nitrogens with one attached hydrogen (secondary N) is 1. The van der Waals surface area contributed by atoms with E-state index < -0.39 is 0 Å². The fraction of sp³-hybridized carbons (Fsp3) is 0.0714. The largest absolute Gasteiger partial charge is 0.398 e. The highest BCUT2D eigenvalue weighted by atomic mass is 79.9. The van der Waals surface area contributed by atoms with Gasteiger partial charge in [-0.1, -0.05) is 55.1 Å². The second kappa shape index (κ2) is 6.57. The molecule has 0 unspecified atom stereocenters. The lowest BCUT2D eigenvalue weighted by Gasteiger charge is -2.13. The number of halogens is 4. The number of hydrogen-bond acceptors (Lipinski definition) is 2. The molecule has 7 heteroatoms. The molecule has 3 N–H and O–H groups in total. The molecule has 0 aliphatic heterocycles. The number of amides is 1. The van der Waals surface area contributed by atoms with Crippen LogP contribution in [-0.2, 0) is 0 Å². The summed E-state index contributed by atoms with van der Waals surface area (Å²) in [5.41, 5.74) is 7.91. The van der Waals surface area contributed by atoms with Crippen LogP contribution < -0.4 is 11.1 Å². The van der Waals surface area contributed by atoms with Gasteiger partial charge in [-0.2, -0.15) is 0 Å². The van der Waals surface area contributed by atoms with Crippen LogP contribution in [0.25, 0.3) is 0 Å². The van der Waals surface area contributed by atoms with E-state index in [4.69, 9.17) is 28.9 Å². The molecule has 0 bridgehead atoms. The molecule has 2 aromatic rings. The number of hydrogen-bond donors (Lipinski definition) is 2. The van der Waals surface area contributed by atoms with Crippen molar-refractivity contribution in [2.75, 3.05) is 11.1 Å². The van der Waals surface area contributed by atoms with Crippen molar-refractivity contribution in [3.8, 4) is 0 Å². The molecule has 0 aliphatic carbocycles. The van der Waals surface area contributed by atoms with Crippen LogP contribution in [0.3, 0.4) is 0 Å². The lowest BCUT2D eigenvalue weighted by molar-refractivity contribution is 0.102. The van der Waals surface area contributed by atoms with Gasteiger partial charge in [0.2, 0.25) is 0 Å². The van der Waals surface area contributed by atoms with E-state index in [1.165, 1.54) is 0 Å². The van der Waals surface area contributed by atoms with E-state index in [1.54, 1.807) is 31.2 Å². The average molecular weight is 453 g/mol. The number of benzene rings is 2. The van der Waals surface area contributed by atoms with Gasteiger partial charge >= 0.3 is 0 Å². The molecule has 2 aromatic carbocycles. The van der Waals surface area contributed by atoms with Gasteiger partial charge in [-0.3, -0.25) is 4.79 Å². The van der Waals surface area contributed by atoms with E-state index in [-0.39, 0.29) is 5.91 Å². The molecule has 0 heterocycles. The minimum atomic E-state index is -0.327.